The van der Waals surface area contributed by atoms with Crippen molar-refractivity contribution in [3.05, 3.63) is 29.3 Å². The van der Waals surface area contributed by atoms with Crippen LogP contribution in [0.4, 0.5) is 5.69 Å². The largest absolute Gasteiger partial charge is 0.325 e. The van der Waals surface area contributed by atoms with Crippen molar-refractivity contribution in [1.82, 2.24) is 9.80 Å². The Morgan fingerprint density at radius 3 is 2.50 bits per heavy atom. The summed E-state index contributed by atoms with van der Waals surface area (Å²) in [4.78, 5) is 17.4. The third kappa shape index (κ3) is 5.82. The van der Waals surface area contributed by atoms with E-state index in [4.69, 9.17) is 0 Å². The maximum atomic E-state index is 12.5. The number of amides is 1. The molecule has 1 aliphatic carbocycles. The van der Waals surface area contributed by atoms with Crippen molar-refractivity contribution in [2.24, 2.45) is 5.92 Å². The van der Waals surface area contributed by atoms with Gasteiger partial charge in [0.2, 0.25) is 5.91 Å². The lowest BCUT2D eigenvalue weighted by Crippen LogP contribution is -2.37. The molecule has 0 radical (unpaired) electrons. The van der Waals surface area contributed by atoms with E-state index in [-0.39, 0.29) is 5.91 Å². The zero-order valence-corrected chi connectivity index (χ0v) is 16.6. The molecule has 0 atom stereocenters. The number of hydrogen-bond acceptors (Lipinski definition) is 3. The third-order valence-electron chi connectivity index (χ3n) is 5.95. The SMILES string of the molecule is Cc1ccc(NC(=O)CN2CCCN(CC3CCCCC3)CC2)c(C)c1. The van der Waals surface area contributed by atoms with E-state index in [2.05, 4.69) is 41.1 Å². The van der Waals surface area contributed by atoms with Crippen molar-refractivity contribution in [1.29, 1.82) is 0 Å². The topological polar surface area (TPSA) is 35.6 Å². The lowest BCUT2D eigenvalue weighted by molar-refractivity contribution is -0.117. The molecule has 1 heterocycles. The second-order valence-corrected chi connectivity index (χ2v) is 8.30. The predicted octanol–water partition coefficient (Wildman–Crippen LogP) is 3.83. The number of nitrogens with zero attached hydrogens (tertiary/aromatic N) is 2. The van der Waals surface area contributed by atoms with Gasteiger partial charge in [0.15, 0.2) is 0 Å². The number of nitrogens with one attached hydrogen (secondary N) is 1. The Hall–Kier alpha value is -1.39. The molecule has 4 nitrogen and oxygen atoms in total. The number of rotatable bonds is 5. The first kappa shape index (κ1) is 19.4. The lowest BCUT2D eigenvalue weighted by Gasteiger charge is -2.28. The minimum absolute atomic E-state index is 0.109. The van der Waals surface area contributed by atoms with Crippen LogP contribution >= 0.6 is 0 Å². The van der Waals surface area contributed by atoms with Gasteiger partial charge in [-0.3, -0.25) is 9.69 Å². The highest BCUT2D eigenvalue weighted by molar-refractivity contribution is 5.93. The van der Waals surface area contributed by atoms with Crippen LogP contribution in [0.3, 0.4) is 0 Å². The van der Waals surface area contributed by atoms with Crippen molar-refractivity contribution < 1.29 is 4.79 Å². The zero-order chi connectivity index (χ0) is 18.4. The summed E-state index contributed by atoms with van der Waals surface area (Å²) >= 11 is 0. The van der Waals surface area contributed by atoms with E-state index >= 15 is 0 Å². The van der Waals surface area contributed by atoms with Gasteiger partial charge in [-0.15, -0.1) is 0 Å². The Bertz CT molecular complexity index is 595. The van der Waals surface area contributed by atoms with Gasteiger partial charge in [-0.1, -0.05) is 37.0 Å². The van der Waals surface area contributed by atoms with Crippen LogP contribution in [-0.2, 0) is 4.79 Å². The standard InChI is InChI=1S/C22H35N3O/c1-18-9-10-21(19(2)15-18)23-22(26)17-25-12-6-11-24(13-14-25)16-20-7-4-3-5-8-20/h9-10,15,20H,3-8,11-14,16-17H2,1-2H3,(H,23,26). The van der Waals surface area contributed by atoms with Crippen molar-refractivity contribution >= 4 is 11.6 Å². The summed E-state index contributed by atoms with van der Waals surface area (Å²) in [5, 5.41) is 3.09. The van der Waals surface area contributed by atoms with Crippen LogP contribution < -0.4 is 5.32 Å². The highest BCUT2D eigenvalue weighted by Gasteiger charge is 2.21. The lowest BCUT2D eigenvalue weighted by atomic mass is 9.89. The van der Waals surface area contributed by atoms with Crippen LogP contribution in [-0.4, -0.2) is 55.0 Å². The average molecular weight is 358 g/mol. The maximum absolute atomic E-state index is 12.5. The number of anilines is 1. The second kappa shape index (κ2) is 9.52. The molecule has 2 fully saturated rings. The fourth-order valence-electron chi connectivity index (χ4n) is 4.45. The van der Waals surface area contributed by atoms with Crippen molar-refractivity contribution in [2.75, 3.05) is 44.6 Å². The van der Waals surface area contributed by atoms with Crippen molar-refractivity contribution in [2.45, 2.75) is 52.4 Å². The zero-order valence-electron chi connectivity index (χ0n) is 16.6. The average Bonchev–Trinajstić information content (AvgIpc) is 2.84. The maximum Gasteiger partial charge on any atom is 0.238 e. The molecule has 144 valence electrons. The van der Waals surface area contributed by atoms with E-state index in [1.807, 2.05) is 6.07 Å². The summed E-state index contributed by atoms with van der Waals surface area (Å²) in [5.74, 6) is 1.01. The van der Waals surface area contributed by atoms with Crippen molar-refractivity contribution in [3.63, 3.8) is 0 Å². The third-order valence-corrected chi connectivity index (χ3v) is 5.95. The smallest absolute Gasteiger partial charge is 0.238 e. The summed E-state index contributed by atoms with van der Waals surface area (Å²) < 4.78 is 0. The number of carbonyl (C=O) groups is 1. The first-order valence-electron chi connectivity index (χ1n) is 10.4. The van der Waals surface area contributed by atoms with E-state index in [0.717, 1.165) is 36.8 Å². The fourth-order valence-corrected chi connectivity index (χ4v) is 4.45. The van der Waals surface area contributed by atoms with Gasteiger partial charge in [-0.05, 0) is 63.7 Å². The van der Waals surface area contributed by atoms with E-state index < -0.39 is 0 Å². The van der Waals surface area contributed by atoms with Gasteiger partial charge in [0.05, 0.1) is 6.54 Å². The Balaban J connectivity index is 1.44. The second-order valence-electron chi connectivity index (χ2n) is 8.30. The first-order valence-corrected chi connectivity index (χ1v) is 10.4. The van der Waals surface area contributed by atoms with Crippen molar-refractivity contribution in [3.8, 4) is 0 Å². The van der Waals surface area contributed by atoms with Gasteiger partial charge in [-0.2, -0.15) is 0 Å². The molecule has 2 aliphatic rings. The monoisotopic (exact) mass is 357 g/mol. The van der Waals surface area contributed by atoms with Gasteiger partial charge in [-0.25, -0.2) is 0 Å². The molecule has 0 unspecified atom stereocenters. The molecule has 3 rings (SSSR count). The van der Waals surface area contributed by atoms with Crippen LogP contribution in [0.5, 0.6) is 0 Å². The molecule has 26 heavy (non-hydrogen) atoms. The van der Waals surface area contributed by atoms with Crippen LogP contribution in [0, 0.1) is 19.8 Å². The van der Waals surface area contributed by atoms with Crippen LogP contribution in [0.15, 0.2) is 18.2 Å². The predicted molar refractivity (Wildman–Crippen MR) is 109 cm³/mol. The quantitative estimate of drug-likeness (QED) is 0.870. The van der Waals surface area contributed by atoms with E-state index in [1.165, 1.54) is 57.2 Å². The fraction of sp³-hybridized carbons (Fsp3) is 0.682. The molecule has 4 heteroatoms. The van der Waals surface area contributed by atoms with Crippen LogP contribution in [0.1, 0.15) is 49.7 Å². The minimum atomic E-state index is 0.109. The summed E-state index contributed by atoms with van der Waals surface area (Å²) in [6.45, 7) is 10.2. The van der Waals surface area contributed by atoms with Gasteiger partial charge >= 0.3 is 0 Å². The minimum Gasteiger partial charge on any atom is -0.325 e. The molecule has 1 aliphatic heterocycles. The van der Waals surface area contributed by atoms with Crippen LogP contribution in [0.25, 0.3) is 0 Å². The Labute approximate surface area is 158 Å². The molecule has 1 aromatic rings. The summed E-state index contributed by atoms with van der Waals surface area (Å²) in [6.07, 6.45) is 8.27. The van der Waals surface area contributed by atoms with E-state index in [1.54, 1.807) is 0 Å². The van der Waals surface area contributed by atoms with Gasteiger partial charge < -0.3 is 10.2 Å². The molecular formula is C22H35N3O. The number of aryl methyl sites for hydroxylation is 2. The summed E-state index contributed by atoms with van der Waals surface area (Å²) in [7, 11) is 0. The number of carbonyl (C=O) groups excluding carboxylic acids is 1. The molecule has 0 spiro atoms. The number of hydrogen-bond donors (Lipinski definition) is 1. The van der Waals surface area contributed by atoms with E-state index in [9.17, 15) is 4.79 Å². The molecular weight excluding hydrogens is 322 g/mol. The Morgan fingerprint density at radius 1 is 1.00 bits per heavy atom. The molecule has 1 saturated heterocycles. The highest BCUT2D eigenvalue weighted by Crippen LogP contribution is 2.24. The van der Waals surface area contributed by atoms with Gasteiger partial charge in [0.25, 0.3) is 0 Å². The van der Waals surface area contributed by atoms with Gasteiger partial charge in [0, 0.05) is 25.3 Å². The molecule has 1 amide bonds. The summed E-state index contributed by atoms with van der Waals surface area (Å²) in [5.41, 5.74) is 3.30. The normalized spacial score (nSPS) is 20.7. The van der Waals surface area contributed by atoms with E-state index in [0.29, 0.717) is 6.54 Å². The Morgan fingerprint density at radius 2 is 1.73 bits per heavy atom. The van der Waals surface area contributed by atoms with Crippen LogP contribution in [0.2, 0.25) is 0 Å². The Kier molecular flexibility index (Phi) is 7.09. The molecule has 0 aromatic heterocycles. The molecule has 0 bridgehead atoms. The number of benzene rings is 1. The summed E-state index contributed by atoms with van der Waals surface area (Å²) in [6, 6.07) is 6.18. The highest BCUT2D eigenvalue weighted by atomic mass is 16.2. The molecule has 1 saturated carbocycles. The molecule has 1 N–H and O–H groups in total. The first-order chi connectivity index (χ1) is 12.6. The van der Waals surface area contributed by atoms with Gasteiger partial charge in [0.1, 0.15) is 0 Å². The molecule has 1 aromatic carbocycles.